The molecular weight excluding hydrogens is 167 g/mol. The number of hydrogen-bond donors (Lipinski definition) is 0. The third-order valence-corrected chi connectivity index (χ3v) is 1.84. The second kappa shape index (κ2) is 2.83. The fourth-order valence-corrected chi connectivity index (χ4v) is 1.20. The lowest BCUT2D eigenvalue weighted by molar-refractivity contribution is 0.634. The van der Waals surface area contributed by atoms with Crippen LogP contribution in [-0.2, 0) is 0 Å². The van der Waals surface area contributed by atoms with Gasteiger partial charge in [0.15, 0.2) is 0 Å². The number of halogens is 1. The standard InChI is InChI=1S/C10H5FN2/c11-10-6-13-5-8-2-1-7(4-12)3-9(8)10/h1-3,5-6H. The first-order valence-electron chi connectivity index (χ1n) is 3.74. The zero-order chi connectivity index (χ0) is 9.26. The minimum atomic E-state index is -0.394. The van der Waals surface area contributed by atoms with Crippen LogP contribution in [0.2, 0.25) is 0 Å². The predicted octanol–water partition coefficient (Wildman–Crippen LogP) is 2.25. The van der Waals surface area contributed by atoms with Gasteiger partial charge in [-0.15, -0.1) is 0 Å². The number of nitriles is 1. The first kappa shape index (κ1) is 7.69. The first-order chi connectivity index (χ1) is 6.31. The van der Waals surface area contributed by atoms with E-state index in [0.717, 1.165) is 6.20 Å². The Kier molecular flexibility index (Phi) is 1.67. The molecule has 1 heterocycles. The molecule has 0 saturated carbocycles. The van der Waals surface area contributed by atoms with Gasteiger partial charge in [0, 0.05) is 17.0 Å². The molecular formula is C10H5FN2. The van der Waals surface area contributed by atoms with Crippen LogP contribution in [0, 0.1) is 17.1 Å². The van der Waals surface area contributed by atoms with Crippen molar-refractivity contribution in [3.05, 3.63) is 42.0 Å². The zero-order valence-electron chi connectivity index (χ0n) is 6.66. The highest BCUT2D eigenvalue weighted by Gasteiger charge is 2.00. The van der Waals surface area contributed by atoms with Gasteiger partial charge in [-0.25, -0.2) is 4.39 Å². The third kappa shape index (κ3) is 1.23. The Morgan fingerprint density at radius 1 is 1.31 bits per heavy atom. The largest absolute Gasteiger partial charge is 0.261 e. The summed E-state index contributed by atoms with van der Waals surface area (Å²) < 4.78 is 13.1. The second-order valence-corrected chi connectivity index (χ2v) is 2.67. The Labute approximate surface area is 74.3 Å². The molecule has 0 unspecified atom stereocenters. The van der Waals surface area contributed by atoms with Gasteiger partial charge in [-0.2, -0.15) is 5.26 Å². The van der Waals surface area contributed by atoms with Crippen LogP contribution in [0.5, 0.6) is 0 Å². The Morgan fingerprint density at radius 3 is 2.92 bits per heavy atom. The summed E-state index contributed by atoms with van der Waals surface area (Å²) in [6.07, 6.45) is 2.71. The minimum Gasteiger partial charge on any atom is -0.261 e. The fourth-order valence-electron chi connectivity index (χ4n) is 1.20. The number of hydrogen-bond acceptors (Lipinski definition) is 2. The summed E-state index contributed by atoms with van der Waals surface area (Å²) >= 11 is 0. The second-order valence-electron chi connectivity index (χ2n) is 2.67. The van der Waals surface area contributed by atoms with Crippen molar-refractivity contribution in [2.45, 2.75) is 0 Å². The average molecular weight is 172 g/mol. The summed E-state index contributed by atoms with van der Waals surface area (Å²) in [6.45, 7) is 0. The van der Waals surface area contributed by atoms with E-state index < -0.39 is 5.82 Å². The van der Waals surface area contributed by atoms with Gasteiger partial charge in [0.05, 0.1) is 17.8 Å². The molecule has 2 nitrogen and oxygen atoms in total. The van der Waals surface area contributed by atoms with Crippen LogP contribution in [0.1, 0.15) is 5.56 Å². The monoisotopic (exact) mass is 172 g/mol. The van der Waals surface area contributed by atoms with Crippen molar-refractivity contribution in [2.75, 3.05) is 0 Å². The zero-order valence-corrected chi connectivity index (χ0v) is 6.66. The molecule has 0 spiro atoms. The van der Waals surface area contributed by atoms with Gasteiger partial charge >= 0.3 is 0 Å². The maximum atomic E-state index is 13.1. The van der Waals surface area contributed by atoms with Crippen molar-refractivity contribution in [3.63, 3.8) is 0 Å². The lowest BCUT2D eigenvalue weighted by atomic mass is 10.1. The van der Waals surface area contributed by atoms with E-state index in [1.54, 1.807) is 18.3 Å². The maximum Gasteiger partial charge on any atom is 0.149 e. The molecule has 0 aliphatic carbocycles. The summed E-state index contributed by atoms with van der Waals surface area (Å²) in [4.78, 5) is 3.71. The van der Waals surface area contributed by atoms with E-state index >= 15 is 0 Å². The van der Waals surface area contributed by atoms with E-state index in [1.165, 1.54) is 6.07 Å². The average Bonchev–Trinajstić information content (AvgIpc) is 2.18. The van der Waals surface area contributed by atoms with Crippen LogP contribution < -0.4 is 0 Å². The van der Waals surface area contributed by atoms with Crippen molar-refractivity contribution < 1.29 is 4.39 Å². The van der Waals surface area contributed by atoms with E-state index in [2.05, 4.69) is 4.98 Å². The highest BCUT2D eigenvalue weighted by Crippen LogP contribution is 2.17. The summed E-state index contributed by atoms with van der Waals surface area (Å²) in [5.74, 6) is -0.394. The molecule has 0 amide bonds. The van der Waals surface area contributed by atoms with Crippen molar-refractivity contribution in [1.29, 1.82) is 5.26 Å². The molecule has 0 fully saturated rings. The van der Waals surface area contributed by atoms with Crippen LogP contribution in [-0.4, -0.2) is 4.98 Å². The van der Waals surface area contributed by atoms with Crippen LogP contribution in [0.3, 0.4) is 0 Å². The van der Waals surface area contributed by atoms with Crippen molar-refractivity contribution in [3.8, 4) is 6.07 Å². The van der Waals surface area contributed by atoms with Crippen molar-refractivity contribution >= 4 is 10.8 Å². The number of pyridine rings is 1. The third-order valence-electron chi connectivity index (χ3n) is 1.84. The van der Waals surface area contributed by atoms with E-state index in [4.69, 9.17) is 5.26 Å². The van der Waals surface area contributed by atoms with Crippen LogP contribution in [0.4, 0.5) is 4.39 Å². The first-order valence-corrected chi connectivity index (χ1v) is 3.74. The van der Waals surface area contributed by atoms with Crippen molar-refractivity contribution in [1.82, 2.24) is 4.98 Å². The molecule has 0 aliphatic rings. The quantitative estimate of drug-likeness (QED) is 0.611. The Bertz CT molecular complexity index is 500. The number of benzene rings is 1. The fraction of sp³-hybridized carbons (Fsp3) is 0. The molecule has 2 aromatic rings. The number of rotatable bonds is 0. The lowest BCUT2D eigenvalue weighted by Crippen LogP contribution is -1.83. The van der Waals surface area contributed by atoms with E-state index in [-0.39, 0.29) is 0 Å². The van der Waals surface area contributed by atoms with E-state index in [0.29, 0.717) is 16.3 Å². The number of nitrogens with zero attached hydrogens (tertiary/aromatic N) is 2. The van der Waals surface area contributed by atoms with Gasteiger partial charge in [0.1, 0.15) is 5.82 Å². The smallest absolute Gasteiger partial charge is 0.149 e. The summed E-state index contributed by atoms with van der Waals surface area (Å²) in [6, 6.07) is 6.81. The molecule has 0 N–H and O–H groups in total. The number of fused-ring (bicyclic) bond motifs is 1. The number of aromatic nitrogens is 1. The Hall–Kier alpha value is -1.95. The Morgan fingerprint density at radius 2 is 2.15 bits per heavy atom. The van der Waals surface area contributed by atoms with Gasteiger partial charge in [-0.3, -0.25) is 4.98 Å². The molecule has 62 valence electrons. The normalized spacial score (nSPS) is 9.85. The van der Waals surface area contributed by atoms with Crippen LogP contribution in [0.15, 0.2) is 30.6 Å². The molecule has 0 radical (unpaired) electrons. The van der Waals surface area contributed by atoms with Gasteiger partial charge in [0.2, 0.25) is 0 Å². The summed E-state index contributed by atoms with van der Waals surface area (Å²) in [5.41, 5.74) is 0.456. The van der Waals surface area contributed by atoms with Gasteiger partial charge in [-0.05, 0) is 12.1 Å². The van der Waals surface area contributed by atoms with Crippen LogP contribution in [0.25, 0.3) is 10.8 Å². The maximum absolute atomic E-state index is 13.1. The van der Waals surface area contributed by atoms with Crippen LogP contribution >= 0.6 is 0 Å². The molecule has 3 heteroatoms. The van der Waals surface area contributed by atoms with Gasteiger partial charge in [-0.1, -0.05) is 6.07 Å². The molecule has 1 aromatic carbocycles. The van der Waals surface area contributed by atoms with Gasteiger partial charge in [0.25, 0.3) is 0 Å². The van der Waals surface area contributed by atoms with Crippen molar-refractivity contribution in [2.24, 2.45) is 0 Å². The summed E-state index contributed by atoms with van der Waals surface area (Å²) in [7, 11) is 0. The molecule has 0 atom stereocenters. The molecule has 0 bridgehead atoms. The highest BCUT2D eigenvalue weighted by atomic mass is 19.1. The molecule has 0 aliphatic heterocycles. The van der Waals surface area contributed by atoms with Gasteiger partial charge < -0.3 is 0 Å². The van der Waals surface area contributed by atoms with E-state index in [9.17, 15) is 4.39 Å². The molecule has 0 saturated heterocycles. The van der Waals surface area contributed by atoms with E-state index in [1.807, 2.05) is 6.07 Å². The predicted molar refractivity (Wildman–Crippen MR) is 46.4 cm³/mol. The topological polar surface area (TPSA) is 36.7 Å². The molecule has 13 heavy (non-hydrogen) atoms. The SMILES string of the molecule is N#Cc1ccc2cncc(F)c2c1. The lowest BCUT2D eigenvalue weighted by Gasteiger charge is -1.97. The highest BCUT2D eigenvalue weighted by molar-refractivity contribution is 5.83. The summed E-state index contributed by atoms with van der Waals surface area (Å²) in [5, 5.41) is 9.75. The Balaban J connectivity index is 2.84. The molecule has 2 rings (SSSR count). The minimum absolute atomic E-state index is 0.394. The molecule has 1 aromatic heterocycles.